The van der Waals surface area contributed by atoms with Crippen LogP contribution in [0, 0.1) is 11.3 Å². The SMILES string of the molecule is CC(C)(C)CC(CC(=O)O)NC(=O)CNCC1CC1. The van der Waals surface area contributed by atoms with Gasteiger partial charge in [0, 0.05) is 6.04 Å². The van der Waals surface area contributed by atoms with Gasteiger partial charge in [-0.2, -0.15) is 0 Å². The lowest BCUT2D eigenvalue weighted by atomic mass is 9.87. The quantitative estimate of drug-likeness (QED) is 0.622. The Bertz CT molecular complexity index is 319. The first-order valence-electron chi connectivity index (χ1n) is 6.98. The van der Waals surface area contributed by atoms with E-state index in [2.05, 4.69) is 10.6 Å². The summed E-state index contributed by atoms with van der Waals surface area (Å²) in [4.78, 5) is 22.6. The van der Waals surface area contributed by atoms with Crippen molar-refractivity contribution in [2.24, 2.45) is 11.3 Å². The smallest absolute Gasteiger partial charge is 0.305 e. The van der Waals surface area contributed by atoms with Crippen LogP contribution in [0.4, 0.5) is 0 Å². The molecule has 1 saturated carbocycles. The van der Waals surface area contributed by atoms with E-state index in [1.54, 1.807) is 0 Å². The summed E-state index contributed by atoms with van der Waals surface area (Å²) >= 11 is 0. The van der Waals surface area contributed by atoms with Crippen molar-refractivity contribution in [2.45, 2.75) is 52.5 Å². The highest BCUT2D eigenvalue weighted by Crippen LogP contribution is 2.27. The molecule has 1 fully saturated rings. The lowest BCUT2D eigenvalue weighted by molar-refractivity contribution is -0.137. The zero-order chi connectivity index (χ0) is 14.5. The molecule has 5 nitrogen and oxygen atoms in total. The molecule has 0 saturated heterocycles. The predicted octanol–water partition coefficient (Wildman–Crippen LogP) is 1.38. The maximum Gasteiger partial charge on any atom is 0.305 e. The second kappa shape index (κ2) is 6.89. The molecular formula is C14H26N2O3. The third kappa shape index (κ3) is 8.59. The average Bonchev–Trinajstić information content (AvgIpc) is 2.97. The number of aliphatic carboxylic acids is 1. The fourth-order valence-electron chi connectivity index (χ4n) is 2.11. The number of rotatable bonds is 8. The molecule has 1 unspecified atom stereocenters. The Balaban J connectivity index is 2.31. The summed E-state index contributed by atoms with van der Waals surface area (Å²) in [6.45, 7) is 7.28. The first-order valence-corrected chi connectivity index (χ1v) is 6.98. The monoisotopic (exact) mass is 270 g/mol. The number of hydrogen-bond donors (Lipinski definition) is 3. The van der Waals surface area contributed by atoms with Gasteiger partial charge >= 0.3 is 5.97 Å². The molecule has 1 atom stereocenters. The highest BCUT2D eigenvalue weighted by atomic mass is 16.4. The van der Waals surface area contributed by atoms with Crippen molar-refractivity contribution in [2.75, 3.05) is 13.1 Å². The first-order chi connectivity index (χ1) is 8.76. The van der Waals surface area contributed by atoms with E-state index in [-0.39, 0.29) is 30.3 Å². The largest absolute Gasteiger partial charge is 0.481 e. The van der Waals surface area contributed by atoms with Gasteiger partial charge in [0.1, 0.15) is 0 Å². The van der Waals surface area contributed by atoms with Gasteiger partial charge in [-0.15, -0.1) is 0 Å². The van der Waals surface area contributed by atoms with Crippen molar-refractivity contribution >= 4 is 11.9 Å². The van der Waals surface area contributed by atoms with Crippen LogP contribution in [0.5, 0.6) is 0 Å². The molecule has 5 heteroatoms. The van der Waals surface area contributed by atoms with Gasteiger partial charge in [-0.1, -0.05) is 20.8 Å². The summed E-state index contributed by atoms with van der Waals surface area (Å²) in [6, 6.07) is -0.298. The van der Waals surface area contributed by atoms with E-state index >= 15 is 0 Å². The second-order valence-corrected chi connectivity index (χ2v) is 6.70. The molecule has 0 aliphatic heterocycles. The van der Waals surface area contributed by atoms with E-state index in [1.807, 2.05) is 20.8 Å². The molecule has 1 aliphatic rings. The molecule has 0 bridgehead atoms. The van der Waals surface area contributed by atoms with Gasteiger partial charge in [0.05, 0.1) is 13.0 Å². The molecule has 3 N–H and O–H groups in total. The lowest BCUT2D eigenvalue weighted by Gasteiger charge is -2.25. The molecule has 19 heavy (non-hydrogen) atoms. The Hall–Kier alpha value is -1.10. The third-order valence-corrected chi connectivity index (χ3v) is 3.06. The minimum Gasteiger partial charge on any atom is -0.481 e. The molecule has 1 amide bonds. The van der Waals surface area contributed by atoms with Gasteiger partial charge in [0.25, 0.3) is 0 Å². The molecule has 110 valence electrons. The Kier molecular flexibility index (Phi) is 5.79. The number of carboxylic acid groups (broad SMARTS) is 1. The highest BCUT2D eigenvalue weighted by molar-refractivity contribution is 5.79. The van der Waals surface area contributed by atoms with Crippen molar-refractivity contribution in [1.82, 2.24) is 10.6 Å². The van der Waals surface area contributed by atoms with Gasteiger partial charge in [0.2, 0.25) is 5.91 Å². The molecule has 0 heterocycles. The predicted molar refractivity (Wildman–Crippen MR) is 73.8 cm³/mol. The molecule has 0 spiro atoms. The van der Waals surface area contributed by atoms with Crippen LogP contribution in [0.25, 0.3) is 0 Å². The van der Waals surface area contributed by atoms with E-state index in [0.717, 1.165) is 12.5 Å². The Morgan fingerprint density at radius 1 is 1.32 bits per heavy atom. The van der Waals surface area contributed by atoms with Crippen LogP contribution in [0.1, 0.15) is 46.5 Å². The minimum atomic E-state index is -0.875. The topological polar surface area (TPSA) is 78.4 Å². The number of hydrogen-bond acceptors (Lipinski definition) is 3. The molecule has 0 aromatic rings. The van der Waals surface area contributed by atoms with E-state index in [4.69, 9.17) is 5.11 Å². The minimum absolute atomic E-state index is 0.00512. The van der Waals surface area contributed by atoms with Crippen LogP contribution in [0.15, 0.2) is 0 Å². The molecule has 0 aromatic heterocycles. The zero-order valence-electron chi connectivity index (χ0n) is 12.2. The number of nitrogens with one attached hydrogen (secondary N) is 2. The lowest BCUT2D eigenvalue weighted by Crippen LogP contribution is -2.43. The number of amides is 1. The summed E-state index contributed by atoms with van der Waals surface area (Å²) < 4.78 is 0. The first kappa shape index (κ1) is 16.0. The second-order valence-electron chi connectivity index (χ2n) is 6.70. The van der Waals surface area contributed by atoms with E-state index in [1.165, 1.54) is 12.8 Å². The fraction of sp³-hybridized carbons (Fsp3) is 0.857. The van der Waals surface area contributed by atoms with Crippen molar-refractivity contribution < 1.29 is 14.7 Å². The van der Waals surface area contributed by atoms with E-state index in [9.17, 15) is 9.59 Å². The fourth-order valence-corrected chi connectivity index (χ4v) is 2.11. The highest BCUT2D eigenvalue weighted by Gasteiger charge is 2.23. The molecule has 1 rings (SSSR count). The van der Waals surface area contributed by atoms with Crippen LogP contribution in [0.2, 0.25) is 0 Å². The van der Waals surface area contributed by atoms with Crippen LogP contribution >= 0.6 is 0 Å². The molecule has 1 aliphatic carbocycles. The maximum atomic E-state index is 11.8. The van der Waals surface area contributed by atoms with Crippen molar-refractivity contribution in [1.29, 1.82) is 0 Å². The zero-order valence-corrected chi connectivity index (χ0v) is 12.2. The average molecular weight is 270 g/mol. The summed E-state index contributed by atoms with van der Waals surface area (Å²) in [5, 5.41) is 14.8. The number of carbonyl (C=O) groups is 2. The molecule has 0 aromatic carbocycles. The van der Waals surface area contributed by atoms with Gasteiger partial charge in [0.15, 0.2) is 0 Å². The van der Waals surface area contributed by atoms with Crippen molar-refractivity contribution in [3.8, 4) is 0 Å². The van der Waals surface area contributed by atoms with E-state index in [0.29, 0.717) is 6.42 Å². The van der Waals surface area contributed by atoms with Gasteiger partial charge in [-0.3, -0.25) is 9.59 Å². The van der Waals surface area contributed by atoms with Gasteiger partial charge < -0.3 is 15.7 Å². The normalized spacial score (nSPS) is 17.0. The Morgan fingerprint density at radius 3 is 2.42 bits per heavy atom. The maximum absolute atomic E-state index is 11.8. The Morgan fingerprint density at radius 2 is 1.95 bits per heavy atom. The van der Waals surface area contributed by atoms with Crippen LogP contribution in [-0.4, -0.2) is 36.1 Å². The van der Waals surface area contributed by atoms with Crippen molar-refractivity contribution in [3.05, 3.63) is 0 Å². The standard InChI is InChI=1S/C14H26N2O3/c1-14(2,3)7-11(6-13(18)19)16-12(17)9-15-8-10-4-5-10/h10-11,15H,4-9H2,1-3H3,(H,16,17)(H,18,19). The summed E-state index contributed by atoms with van der Waals surface area (Å²) in [6.07, 6.45) is 3.14. The molecule has 0 radical (unpaired) electrons. The van der Waals surface area contributed by atoms with Gasteiger partial charge in [-0.05, 0) is 37.1 Å². The summed E-state index contributed by atoms with van der Waals surface area (Å²) in [7, 11) is 0. The molecular weight excluding hydrogens is 244 g/mol. The van der Waals surface area contributed by atoms with Crippen molar-refractivity contribution in [3.63, 3.8) is 0 Å². The van der Waals surface area contributed by atoms with E-state index < -0.39 is 5.97 Å². The van der Waals surface area contributed by atoms with Crippen LogP contribution in [0.3, 0.4) is 0 Å². The van der Waals surface area contributed by atoms with Crippen LogP contribution < -0.4 is 10.6 Å². The van der Waals surface area contributed by atoms with Crippen LogP contribution in [-0.2, 0) is 9.59 Å². The van der Waals surface area contributed by atoms with Gasteiger partial charge in [-0.25, -0.2) is 0 Å². The Labute approximate surface area is 115 Å². The third-order valence-electron chi connectivity index (χ3n) is 3.06. The summed E-state index contributed by atoms with van der Waals surface area (Å²) in [5.74, 6) is -0.256. The number of carboxylic acids is 1. The number of carbonyl (C=O) groups excluding carboxylic acids is 1. The summed E-state index contributed by atoms with van der Waals surface area (Å²) in [5.41, 5.74) is -0.00512.